The molecule has 107 heavy (non-hydrogen) atoms. The van der Waals surface area contributed by atoms with Gasteiger partial charge >= 0.3 is 17.9 Å². The summed E-state index contributed by atoms with van der Waals surface area (Å²) in [5.74, 6) is -1.97. The first-order chi connectivity index (χ1) is 52.6. The average molecular weight is 1500 g/mol. The highest BCUT2D eigenvalue weighted by Crippen LogP contribution is 2.21. The lowest BCUT2D eigenvalue weighted by Crippen LogP contribution is -2.40. The zero-order valence-electron chi connectivity index (χ0n) is 71.3. The molecule has 1 N–H and O–H groups in total. The normalized spacial score (nSPS) is 13.1. The van der Waals surface area contributed by atoms with Gasteiger partial charge in [-0.1, -0.05) is 438 Å². The van der Waals surface area contributed by atoms with Gasteiger partial charge < -0.3 is 28.5 Å². The van der Waals surface area contributed by atoms with Gasteiger partial charge in [0, 0.05) is 12.8 Å². The number of carbonyl (C=O) groups is 3. The van der Waals surface area contributed by atoms with E-state index >= 15 is 0 Å². The summed E-state index contributed by atoms with van der Waals surface area (Å²) in [6.07, 6.45) is 122. The molecular weight excluding hydrogens is 1320 g/mol. The van der Waals surface area contributed by atoms with Crippen LogP contribution in [0.3, 0.4) is 0 Å². The molecule has 0 aromatic heterocycles. The van der Waals surface area contributed by atoms with E-state index in [4.69, 9.17) is 18.9 Å². The molecule has 0 fully saturated rings. The van der Waals surface area contributed by atoms with Gasteiger partial charge in [-0.15, -0.1) is 0 Å². The first-order valence-corrected chi connectivity index (χ1v) is 46.1. The molecule has 0 spiro atoms. The monoisotopic (exact) mass is 1500 g/mol. The molecule has 0 rings (SSSR count). The van der Waals surface area contributed by atoms with Crippen molar-refractivity contribution in [3.8, 4) is 0 Å². The van der Waals surface area contributed by atoms with E-state index in [0.29, 0.717) is 17.4 Å². The number of ether oxygens (including phenoxy) is 4. The van der Waals surface area contributed by atoms with Crippen LogP contribution in [0.4, 0.5) is 0 Å². The quantitative estimate of drug-likeness (QED) is 0.0211. The lowest BCUT2D eigenvalue weighted by Gasteiger charge is -2.25. The van der Waals surface area contributed by atoms with Gasteiger partial charge in [0.25, 0.3) is 6.29 Å². The fourth-order valence-electron chi connectivity index (χ4n) is 13.6. The molecule has 0 aliphatic carbocycles. The van der Waals surface area contributed by atoms with E-state index in [9.17, 15) is 19.5 Å². The predicted octanol–water partition coefficient (Wildman–Crippen LogP) is 30.4. The molecule has 0 radical (unpaired) electrons. The molecule has 0 aliphatic rings. The van der Waals surface area contributed by atoms with Gasteiger partial charge in [-0.05, 0) is 96.3 Å². The van der Waals surface area contributed by atoms with Crippen LogP contribution in [0.15, 0.2) is 109 Å². The van der Waals surface area contributed by atoms with E-state index in [1.165, 1.54) is 315 Å². The zero-order valence-corrected chi connectivity index (χ0v) is 71.3. The molecule has 0 aliphatic heterocycles. The highest BCUT2D eigenvalue weighted by molar-refractivity contribution is 5.71. The number of quaternary nitrogens is 1. The second kappa shape index (κ2) is 87.5. The Hall–Kier alpha value is -4.05. The molecule has 0 saturated carbocycles. The second-order valence-corrected chi connectivity index (χ2v) is 32.2. The number of unbranched alkanes of at least 4 members (excludes halogenated alkanes) is 53. The van der Waals surface area contributed by atoms with Crippen LogP contribution in [0.25, 0.3) is 0 Å². The van der Waals surface area contributed by atoms with Crippen LogP contribution in [0.5, 0.6) is 0 Å². The minimum Gasteiger partial charge on any atom is -0.477 e. The minimum atomic E-state index is -1.51. The molecule has 0 bridgehead atoms. The number of likely N-dealkylation sites (N-methyl/N-ethyl adjacent to an activating group) is 1. The van der Waals surface area contributed by atoms with Crippen molar-refractivity contribution in [2.24, 2.45) is 0 Å². The Bertz CT molecular complexity index is 2140. The van der Waals surface area contributed by atoms with Gasteiger partial charge in [-0.2, -0.15) is 0 Å². The SMILES string of the molecule is CC/C=C\C/C=C\C/C=C\C/C=C\C/C=C\CCCCCCCCCCCCCCCCCCCCCCCCCCCC(=O)OC(COC(=O)CCCCCCCCCCCCCCCCCCCCCCCCCCCCCC/C=C\C/C=C\C/C=C\C/C=C\CC)COC(OCC[N+](C)(C)C)C(=O)O. The number of esters is 2. The van der Waals surface area contributed by atoms with E-state index in [-0.39, 0.29) is 38.2 Å². The molecule has 0 amide bonds. The molecule has 2 unspecified atom stereocenters. The maximum Gasteiger partial charge on any atom is 0.361 e. The van der Waals surface area contributed by atoms with Gasteiger partial charge in [0.1, 0.15) is 13.2 Å². The van der Waals surface area contributed by atoms with Crippen LogP contribution < -0.4 is 0 Å². The van der Waals surface area contributed by atoms with Gasteiger partial charge in [0.15, 0.2) is 6.10 Å². The summed E-state index contributed by atoms with van der Waals surface area (Å²) in [5, 5.41) is 9.80. The van der Waals surface area contributed by atoms with Crippen molar-refractivity contribution >= 4 is 17.9 Å². The molecule has 0 aromatic carbocycles. The molecule has 620 valence electrons. The van der Waals surface area contributed by atoms with E-state index in [1.54, 1.807) is 0 Å². The first-order valence-electron chi connectivity index (χ1n) is 46.1. The van der Waals surface area contributed by atoms with E-state index < -0.39 is 18.4 Å². The van der Waals surface area contributed by atoms with Gasteiger partial charge in [0.05, 0.1) is 34.4 Å². The van der Waals surface area contributed by atoms with Crippen molar-refractivity contribution in [1.82, 2.24) is 0 Å². The Kier molecular flexibility index (Phi) is 84.2. The van der Waals surface area contributed by atoms with E-state index in [0.717, 1.165) is 96.3 Å². The van der Waals surface area contributed by atoms with Crippen LogP contribution in [0.2, 0.25) is 0 Å². The van der Waals surface area contributed by atoms with Crippen molar-refractivity contribution < 1.29 is 42.9 Å². The third kappa shape index (κ3) is 89.0. The van der Waals surface area contributed by atoms with Crippen molar-refractivity contribution in [3.63, 3.8) is 0 Å². The summed E-state index contributed by atoms with van der Waals surface area (Å²) in [4.78, 5) is 37.9. The van der Waals surface area contributed by atoms with Crippen molar-refractivity contribution in [2.75, 3.05) is 47.5 Å². The summed E-state index contributed by atoms with van der Waals surface area (Å²) in [5.41, 5.74) is 0. The Labute approximate surface area is 664 Å². The number of allylic oxidation sites excluding steroid dienone is 18. The fourth-order valence-corrected chi connectivity index (χ4v) is 13.6. The van der Waals surface area contributed by atoms with Gasteiger partial charge in [-0.25, -0.2) is 4.79 Å². The summed E-state index contributed by atoms with van der Waals surface area (Å²) in [6, 6.07) is 0. The first kappa shape index (κ1) is 103. The molecule has 0 aromatic rings. The lowest BCUT2D eigenvalue weighted by molar-refractivity contribution is -0.870. The third-order valence-corrected chi connectivity index (χ3v) is 20.5. The molecule has 9 nitrogen and oxygen atoms in total. The van der Waals surface area contributed by atoms with Crippen LogP contribution in [-0.2, 0) is 33.3 Å². The molecule has 9 heteroatoms. The Morgan fingerprint density at radius 1 is 0.280 bits per heavy atom. The third-order valence-electron chi connectivity index (χ3n) is 20.5. The minimum absolute atomic E-state index is 0.177. The Morgan fingerprint density at radius 3 is 0.748 bits per heavy atom. The standard InChI is InChI=1S/C98H175NO8/c1-6-8-10-12-14-16-18-20-22-24-26-28-30-32-34-36-38-40-42-44-46-48-50-52-54-56-58-60-62-64-66-68-70-72-74-76-78-80-82-84-86-88-95(100)105-92-94(93-106-98(97(102)103)104-91-90-99(3,4)5)107-96(101)89-87-85-83-81-79-77-75-73-71-69-67-65-63-61-59-57-55-53-51-49-47-45-43-41-39-37-35-33-31-29-27-25-23-21-19-17-15-13-11-9-7-2/h8-11,14-17,20-23,26-29,33,35,94,98H,6-7,12-13,18-19,24-25,30-32,34,36-93H2,1-5H3/p+1/b10-8-,11-9-,16-14-,17-15-,22-20-,23-21-,28-26-,29-27-,35-33-. The number of carboxylic acid groups (broad SMARTS) is 1. The highest BCUT2D eigenvalue weighted by atomic mass is 16.7. The van der Waals surface area contributed by atoms with Crippen LogP contribution in [-0.4, -0.2) is 87.4 Å². The molecule has 2 atom stereocenters. The summed E-state index contributed by atoms with van der Waals surface area (Å²) < 4.78 is 23.1. The van der Waals surface area contributed by atoms with Crippen LogP contribution in [0.1, 0.15) is 438 Å². The second-order valence-electron chi connectivity index (χ2n) is 32.2. The molecule has 0 saturated heterocycles. The van der Waals surface area contributed by atoms with Gasteiger partial charge in [0.2, 0.25) is 0 Å². The number of carboxylic acids is 1. The number of hydrogen-bond acceptors (Lipinski definition) is 7. The van der Waals surface area contributed by atoms with E-state index in [1.807, 2.05) is 21.1 Å². The van der Waals surface area contributed by atoms with Crippen molar-refractivity contribution in [3.05, 3.63) is 109 Å². The number of carbonyl (C=O) groups excluding carboxylic acids is 2. The van der Waals surface area contributed by atoms with Crippen LogP contribution in [0, 0.1) is 0 Å². The summed E-state index contributed by atoms with van der Waals surface area (Å²) in [6.45, 7) is 4.72. The smallest absolute Gasteiger partial charge is 0.361 e. The fraction of sp³-hybridized carbons (Fsp3) is 0.786. The number of nitrogens with zero attached hydrogens (tertiary/aromatic N) is 1. The average Bonchev–Trinajstić information content (AvgIpc) is 0.965. The van der Waals surface area contributed by atoms with Gasteiger partial charge in [-0.3, -0.25) is 9.59 Å². The lowest BCUT2D eigenvalue weighted by atomic mass is 10.0. The predicted molar refractivity (Wildman–Crippen MR) is 465 cm³/mol. The summed E-state index contributed by atoms with van der Waals surface area (Å²) in [7, 11) is 6.00. The number of aliphatic carboxylic acids is 1. The zero-order chi connectivity index (χ0) is 77.4. The maximum absolute atomic E-state index is 13.0. The van der Waals surface area contributed by atoms with Crippen molar-refractivity contribution in [2.45, 2.75) is 450 Å². The topological polar surface area (TPSA) is 108 Å². The van der Waals surface area contributed by atoms with Crippen LogP contribution >= 0.6 is 0 Å². The summed E-state index contributed by atoms with van der Waals surface area (Å²) >= 11 is 0. The highest BCUT2D eigenvalue weighted by Gasteiger charge is 2.25. The largest absolute Gasteiger partial charge is 0.477 e. The Balaban J connectivity index is 3.89. The Morgan fingerprint density at radius 2 is 0.505 bits per heavy atom. The molecule has 0 heterocycles. The van der Waals surface area contributed by atoms with Crippen molar-refractivity contribution in [1.29, 1.82) is 0 Å². The number of hydrogen-bond donors (Lipinski definition) is 1. The number of rotatable bonds is 86. The maximum atomic E-state index is 13.0. The molecular formula is C98H176NO8+. The van der Waals surface area contributed by atoms with E-state index in [2.05, 4.69) is 123 Å².